The van der Waals surface area contributed by atoms with E-state index in [4.69, 9.17) is 0 Å². The van der Waals surface area contributed by atoms with Crippen LogP contribution in [0.25, 0.3) is 0 Å². The molecule has 88 valence electrons. The van der Waals surface area contributed by atoms with Crippen LogP contribution in [0.1, 0.15) is 6.92 Å². The molecule has 2 rings (SSSR count). The van der Waals surface area contributed by atoms with E-state index in [2.05, 4.69) is 21.7 Å². The van der Waals surface area contributed by atoms with Gasteiger partial charge in [-0.15, -0.1) is 0 Å². The highest BCUT2D eigenvalue weighted by Gasteiger charge is 2.20. The van der Waals surface area contributed by atoms with Crippen LogP contribution in [-0.2, 0) is 4.79 Å². The fourth-order valence-electron chi connectivity index (χ4n) is 1.87. The van der Waals surface area contributed by atoms with Gasteiger partial charge in [-0.05, 0) is 25.0 Å². The number of hydrogen-bond acceptors (Lipinski definition) is 3. The number of pyridine rings is 1. The number of nitrogens with zero attached hydrogens (tertiary/aromatic N) is 3. The van der Waals surface area contributed by atoms with Crippen molar-refractivity contribution >= 4 is 11.7 Å². The molecule has 4 nitrogen and oxygen atoms in total. The van der Waals surface area contributed by atoms with E-state index in [1.807, 2.05) is 18.2 Å². The molecule has 1 aromatic rings. The number of rotatable bonds is 1. The summed E-state index contributed by atoms with van der Waals surface area (Å²) in [7, 11) is 0. The number of piperazine rings is 1. The molecule has 0 radical (unpaired) electrons. The zero-order valence-corrected chi connectivity index (χ0v) is 9.89. The Balaban J connectivity index is 1.94. The van der Waals surface area contributed by atoms with Crippen molar-refractivity contribution in [1.29, 1.82) is 0 Å². The molecule has 0 N–H and O–H groups in total. The predicted octanol–water partition coefficient (Wildman–Crippen LogP) is 0.754. The maximum absolute atomic E-state index is 11.6. The van der Waals surface area contributed by atoms with Crippen LogP contribution in [0.4, 0.5) is 5.82 Å². The lowest BCUT2D eigenvalue weighted by molar-refractivity contribution is -0.125. The van der Waals surface area contributed by atoms with Crippen LogP contribution >= 0.6 is 0 Å². The summed E-state index contributed by atoms with van der Waals surface area (Å²) >= 11 is 0. The van der Waals surface area contributed by atoms with Crippen LogP contribution in [0.15, 0.2) is 24.4 Å². The second-order valence-electron chi connectivity index (χ2n) is 3.84. The van der Waals surface area contributed by atoms with Gasteiger partial charge in [0.2, 0.25) is 0 Å². The molecule has 0 bridgehead atoms. The van der Waals surface area contributed by atoms with Gasteiger partial charge >= 0.3 is 0 Å². The predicted molar refractivity (Wildman–Crippen MR) is 66.5 cm³/mol. The molecule has 1 saturated heterocycles. The minimum Gasteiger partial charge on any atom is -0.353 e. The largest absolute Gasteiger partial charge is 0.353 e. The van der Waals surface area contributed by atoms with Crippen molar-refractivity contribution in [2.45, 2.75) is 6.92 Å². The van der Waals surface area contributed by atoms with Crippen molar-refractivity contribution in [3.8, 4) is 11.8 Å². The smallest absolute Gasteiger partial charge is 0.298 e. The maximum Gasteiger partial charge on any atom is 0.298 e. The number of anilines is 1. The van der Waals surface area contributed by atoms with Crippen LogP contribution < -0.4 is 4.90 Å². The molecule has 1 aliphatic rings. The highest BCUT2D eigenvalue weighted by molar-refractivity contribution is 5.93. The lowest BCUT2D eigenvalue weighted by Gasteiger charge is -2.34. The molecule has 1 aromatic heterocycles. The van der Waals surface area contributed by atoms with Gasteiger partial charge in [0.1, 0.15) is 5.82 Å². The Morgan fingerprint density at radius 1 is 1.29 bits per heavy atom. The lowest BCUT2D eigenvalue weighted by Crippen LogP contribution is -2.48. The average Bonchev–Trinajstić information content (AvgIpc) is 2.40. The first-order chi connectivity index (χ1) is 8.31. The highest BCUT2D eigenvalue weighted by Crippen LogP contribution is 2.12. The number of carbonyl (C=O) groups is 1. The summed E-state index contributed by atoms with van der Waals surface area (Å²) in [5, 5.41) is 0. The first-order valence-corrected chi connectivity index (χ1v) is 5.69. The SMILES string of the molecule is CC#CC(=O)N1CCN(c2ccccn2)CC1. The van der Waals surface area contributed by atoms with Gasteiger partial charge in [-0.2, -0.15) is 0 Å². The fourth-order valence-corrected chi connectivity index (χ4v) is 1.87. The quantitative estimate of drug-likeness (QED) is 0.667. The lowest BCUT2D eigenvalue weighted by atomic mass is 10.3. The molecule has 0 atom stereocenters. The summed E-state index contributed by atoms with van der Waals surface area (Å²) in [5.74, 6) is 6.11. The summed E-state index contributed by atoms with van der Waals surface area (Å²) in [6, 6.07) is 5.87. The Kier molecular flexibility index (Phi) is 3.61. The molecule has 17 heavy (non-hydrogen) atoms. The van der Waals surface area contributed by atoms with Crippen molar-refractivity contribution in [3.63, 3.8) is 0 Å². The van der Waals surface area contributed by atoms with Crippen molar-refractivity contribution < 1.29 is 4.79 Å². The molecular weight excluding hydrogens is 214 g/mol. The van der Waals surface area contributed by atoms with E-state index in [-0.39, 0.29) is 5.91 Å². The molecule has 4 heteroatoms. The normalized spacial score (nSPS) is 15.1. The number of carbonyl (C=O) groups excluding carboxylic acids is 1. The Morgan fingerprint density at radius 3 is 2.65 bits per heavy atom. The molecular formula is C13H15N3O. The van der Waals surface area contributed by atoms with E-state index in [0.717, 1.165) is 18.9 Å². The van der Waals surface area contributed by atoms with Crippen molar-refractivity contribution in [1.82, 2.24) is 9.88 Å². The van der Waals surface area contributed by atoms with Crippen LogP contribution in [0.5, 0.6) is 0 Å². The molecule has 1 amide bonds. The van der Waals surface area contributed by atoms with Gasteiger partial charge in [-0.1, -0.05) is 12.0 Å². The Labute approximate surface area is 101 Å². The van der Waals surface area contributed by atoms with E-state index in [1.54, 1.807) is 18.0 Å². The van der Waals surface area contributed by atoms with Crippen LogP contribution in [-0.4, -0.2) is 42.0 Å². The summed E-state index contributed by atoms with van der Waals surface area (Å²) in [5.41, 5.74) is 0. The molecule has 1 aliphatic heterocycles. The maximum atomic E-state index is 11.6. The van der Waals surface area contributed by atoms with Gasteiger partial charge in [-0.3, -0.25) is 4.79 Å². The van der Waals surface area contributed by atoms with Gasteiger partial charge in [0.25, 0.3) is 5.91 Å². The molecule has 0 aromatic carbocycles. The van der Waals surface area contributed by atoms with Gasteiger partial charge in [-0.25, -0.2) is 4.98 Å². The Morgan fingerprint density at radius 2 is 2.06 bits per heavy atom. The first-order valence-electron chi connectivity index (χ1n) is 5.69. The van der Waals surface area contributed by atoms with Crippen LogP contribution in [0.3, 0.4) is 0 Å². The zero-order chi connectivity index (χ0) is 12.1. The molecule has 2 heterocycles. The second kappa shape index (κ2) is 5.35. The fraction of sp³-hybridized carbons (Fsp3) is 0.385. The van der Waals surface area contributed by atoms with E-state index in [1.165, 1.54) is 0 Å². The van der Waals surface area contributed by atoms with Crippen LogP contribution in [0.2, 0.25) is 0 Å². The monoisotopic (exact) mass is 229 g/mol. The van der Waals surface area contributed by atoms with Crippen molar-refractivity contribution in [2.75, 3.05) is 31.1 Å². The number of hydrogen-bond donors (Lipinski definition) is 0. The Bertz CT molecular complexity index is 439. The average molecular weight is 229 g/mol. The third kappa shape index (κ3) is 2.76. The van der Waals surface area contributed by atoms with Gasteiger partial charge in [0, 0.05) is 32.4 Å². The topological polar surface area (TPSA) is 36.4 Å². The standard InChI is InChI=1S/C13H15N3O/c1-2-5-13(17)16-10-8-15(9-11-16)12-6-3-4-7-14-12/h3-4,6-7H,8-11H2,1H3. The van der Waals surface area contributed by atoms with Gasteiger partial charge in [0.05, 0.1) is 0 Å². The van der Waals surface area contributed by atoms with Crippen LogP contribution in [0, 0.1) is 11.8 Å². The summed E-state index contributed by atoms with van der Waals surface area (Å²) < 4.78 is 0. The number of amides is 1. The Hall–Kier alpha value is -2.02. The van der Waals surface area contributed by atoms with Gasteiger partial charge in [0.15, 0.2) is 0 Å². The highest BCUT2D eigenvalue weighted by atomic mass is 16.2. The minimum absolute atomic E-state index is 0.0758. The third-order valence-electron chi connectivity index (χ3n) is 2.77. The zero-order valence-electron chi connectivity index (χ0n) is 9.89. The minimum atomic E-state index is -0.0758. The number of aromatic nitrogens is 1. The van der Waals surface area contributed by atoms with Crippen molar-refractivity contribution in [3.05, 3.63) is 24.4 Å². The van der Waals surface area contributed by atoms with E-state index in [0.29, 0.717) is 13.1 Å². The van der Waals surface area contributed by atoms with E-state index < -0.39 is 0 Å². The molecule has 0 spiro atoms. The second-order valence-corrected chi connectivity index (χ2v) is 3.84. The molecule has 0 unspecified atom stereocenters. The van der Waals surface area contributed by atoms with Crippen molar-refractivity contribution in [2.24, 2.45) is 0 Å². The molecule has 0 aliphatic carbocycles. The summed E-state index contributed by atoms with van der Waals surface area (Å²) in [6.45, 7) is 4.73. The molecule has 1 fully saturated rings. The molecule has 0 saturated carbocycles. The first kappa shape index (κ1) is 11.5. The van der Waals surface area contributed by atoms with E-state index >= 15 is 0 Å². The summed E-state index contributed by atoms with van der Waals surface area (Å²) in [6.07, 6.45) is 1.79. The van der Waals surface area contributed by atoms with E-state index in [9.17, 15) is 4.79 Å². The third-order valence-corrected chi connectivity index (χ3v) is 2.77. The van der Waals surface area contributed by atoms with Gasteiger partial charge < -0.3 is 9.80 Å². The summed E-state index contributed by atoms with van der Waals surface area (Å²) in [4.78, 5) is 19.8.